The number of rotatable bonds is 6. The highest BCUT2D eigenvalue weighted by molar-refractivity contribution is 6.32. The molecule has 0 aliphatic heterocycles. The SMILES string of the molecule is C[C@@H]1C[C@H]1C(=O)NCCC(=O)Nc1cnn(-c2ccccc2Cl)c1. The summed E-state index contributed by atoms with van der Waals surface area (Å²) in [7, 11) is 0. The van der Waals surface area contributed by atoms with Crippen molar-refractivity contribution in [1.82, 2.24) is 15.1 Å². The normalized spacial score (nSPS) is 18.9. The number of hydrogen-bond donors (Lipinski definition) is 2. The van der Waals surface area contributed by atoms with Crippen LogP contribution in [-0.4, -0.2) is 28.1 Å². The Kier molecular flexibility index (Phi) is 4.85. The summed E-state index contributed by atoms with van der Waals surface area (Å²) < 4.78 is 1.61. The predicted molar refractivity (Wildman–Crippen MR) is 92.1 cm³/mol. The Balaban J connectivity index is 1.48. The number of nitrogens with one attached hydrogen (secondary N) is 2. The van der Waals surface area contributed by atoms with E-state index in [1.54, 1.807) is 23.1 Å². The maximum atomic E-state index is 11.9. The molecule has 1 fully saturated rings. The van der Waals surface area contributed by atoms with Crippen molar-refractivity contribution in [3.63, 3.8) is 0 Å². The van der Waals surface area contributed by atoms with Crippen molar-refractivity contribution in [3.8, 4) is 5.69 Å². The Labute approximate surface area is 145 Å². The molecule has 7 heteroatoms. The molecule has 3 rings (SSSR count). The molecular weight excluding hydrogens is 328 g/mol. The van der Waals surface area contributed by atoms with Crippen molar-refractivity contribution in [2.75, 3.05) is 11.9 Å². The summed E-state index contributed by atoms with van der Waals surface area (Å²) in [5.74, 6) is 0.469. The number of halogens is 1. The second-order valence-corrected chi connectivity index (χ2v) is 6.44. The lowest BCUT2D eigenvalue weighted by molar-refractivity contribution is -0.122. The molecule has 0 saturated heterocycles. The van der Waals surface area contributed by atoms with Crippen molar-refractivity contribution in [2.24, 2.45) is 11.8 Å². The molecule has 1 aromatic carbocycles. The molecule has 1 saturated carbocycles. The number of carbonyl (C=O) groups is 2. The van der Waals surface area contributed by atoms with Crippen LogP contribution in [0.5, 0.6) is 0 Å². The molecule has 6 nitrogen and oxygen atoms in total. The second-order valence-electron chi connectivity index (χ2n) is 6.03. The van der Waals surface area contributed by atoms with Gasteiger partial charge in [0.25, 0.3) is 0 Å². The number of hydrogen-bond acceptors (Lipinski definition) is 3. The first-order valence-corrected chi connectivity index (χ1v) is 8.29. The Morgan fingerprint density at radius 1 is 1.38 bits per heavy atom. The van der Waals surface area contributed by atoms with Gasteiger partial charge in [0.1, 0.15) is 0 Å². The zero-order chi connectivity index (χ0) is 17.1. The van der Waals surface area contributed by atoms with E-state index in [2.05, 4.69) is 15.7 Å². The van der Waals surface area contributed by atoms with E-state index < -0.39 is 0 Å². The lowest BCUT2D eigenvalue weighted by atomic mass is 10.3. The third-order valence-corrected chi connectivity index (χ3v) is 4.38. The lowest BCUT2D eigenvalue weighted by Gasteiger charge is -2.05. The van der Waals surface area contributed by atoms with Gasteiger partial charge in [-0.05, 0) is 24.5 Å². The van der Waals surface area contributed by atoms with Crippen LogP contribution in [0.2, 0.25) is 5.02 Å². The minimum Gasteiger partial charge on any atom is -0.355 e. The fourth-order valence-electron chi connectivity index (χ4n) is 2.50. The molecule has 2 atom stereocenters. The summed E-state index contributed by atoms with van der Waals surface area (Å²) >= 11 is 6.12. The second kappa shape index (κ2) is 7.05. The van der Waals surface area contributed by atoms with Crippen molar-refractivity contribution >= 4 is 29.1 Å². The molecule has 0 radical (unpaired) electrons. The van der Waals surface area contributed by atoms with Crippen LogP contribution in [0.3, 0.4) is 0 Å². The number of amides is 2. The minimum absolute atomic E-state index is 0.0434. The van der Waals surface area contributed by atoms with Crippen LogP contribution < -0.4 is 10.6 Å². The van der Waals surface area contributed by atoms with Gasteiger partial charge in [0.15, 0.2) is 0 Å². The van der Waals surface area contributed by atoms with E-state index in [9.17, 15) is 9.59 Å². The number of benzene rings is 1. The highest BCUT2D eigenvalue weighted by atomic mass is 35.5. The third-order valence-electron chi connectivity index (χ3n) is 4.06. The molecule has 1 aliphatic rings. The molecule has 0 unspecified atom stereocenters. The fourth-order valence-corrected chi connectivity index (χ4v) is 2.72. The van der Waals surface area contributed by atoms with E-state index in [0.29, 0.717) is 23.2 Å². The van der Waals surface area contributed by atoms with E-state index in [-0.39, 0.29) is 24.2 Å². The molecule has 1 aromatic heterocycles. The average molecular weight is 347 g/mol. The number of aromatic nitrogens is 2. The van der Waals surface area contributed by atoms with E-state index in [0.717, 1.165) is 12.1 Å². The average Bonchev–Trinajstić information content (AvgIpc) is 3.11. The molecule has 1 heterocycles. The Morgan fingerprint density at radius 2 is 2.12 bits per heavy atom. The highest BCUT2D eigenvalue weighted by Crippen LogP contribution is 2.37. The topological polar surface area (TPSA) is 76.0 Å². The summed E-state index contributed by atoms with van der Waals surface area (Å²) in [5.41, 5.74) is 1.33. The van der Waals surface area contributed by atoms with Gasteiger partial charge in [-0.2, -0.15) is 5.10 Å². The molecule has 126 valence electrons. The zero-order valence-electron chi connectivity index (χ0n) is 13.3. The molecule has 2 N–H and O–H groups in total. The zero-order valence-corrected chi connectivity index (χ0v) is 14.1. The molecule has 24 heavy (non-hydrogen) atoms. The van der Waals surface area contributed by atoms with Crippen LogP contribution in [0.15, 0.2) is 36.7 Å². The first kappa shape index (κ1) is 16.5. The summed E-state index contributed by atoms with van der Waals surface area (Å²) in [4.78, 5) is 23.6. The van der Waals surface area contributed by atoms with Crippen LogP contribution in [0.4, 0.5) is 5.69 Å². The summed E-state index contributed by atoms with van der Waals surface area (Å²) in [6.45, 7) is 2.39. The van der Waals surface area contributed by atoms with Gasteiger partial charge < -0.3 is 10.6 Å². The number of carbonyl (C=O) groups excluding carboxylic acids is 2. The third kappa shape index (κ3) is 3.94. The predicted octanol–water partition coefficient (Wildman–Crippen LogP) is 2.63. The molecule has 2 aromatic rings. The van der Waals surface area contributed by atoms with Gasteiger partial charge in [-0.25, -0.2) is 4.68 Å². The summed E-state index contributed by atoms with van der Waals surface area (Å²) in [5, 5.41) is 10.3. The van der Waals surface area contributed by atoms with Gasteiger partial charge in [-0.1, -0.05) is 30.7 Å². The van der Waals surface area contributed by atoms with Crippen LogP contribution in [0.1, 0.15) is 19.8 Å². The van der Waals surface area contributed by atoms with Gasteiger partial charge in [0, 0.05) is 18.9 Å². The Hall–Kier alpha value is -2.34. The van der Waals surface area contributed by atoms with E-state index in [1.165, 1.54) is 0 Å². The quantitative estimate of drug-likeness (QED) is 0.844. The summed E-state index contributed by atoms with van der Waals surface area (Å²) in [6, 6.07) is 7.33. The van der Waals surface area contributed by atoms with Crippen molar-refractivity contribution in [1.29, 1.82) is 0 Å². The lowest BCUT2D eigenvalue weighted by Crippen LogP contribution is -2.29. The van der Waals surface area contributed by atoms with Crippen LogP contribution in [-0.2, 0) is 9.59 Å². The van der Waals surface area contributed by atoms with Gasteiger partial charge in [0.05, 0.1) is 28.8 Å². The Morgan fingerprint density at radius 3 is 2.83 bits per heavy atom. The summed E-state index contributed by atoms with van der Waals surface area (Å²) in [6.07, 6.45) is 4.43. The first-order valence-electron chi connectivity index (χ1n) is 7.91. The van der Waals surface area contributed by atoms with Crippen molar-refractivity contribution < 1.29 is 9.59 Å². The molecule has 0 spiro atoms. The van der Waals surface area contributed by atoms with E-state index >= 15 is 0 Å². The van der Waals surface area contributed by atoms with Crippen LogP contribution in [0.25, 0.3) is 5.69 Å². The van der Waals surface area contributed by atoms with E-state index in [1.807, 2.05) is 25.1 Å². The van der Waals surface area contributed by atoms with Crippen LogP contribution >= 0.6 is 11.6 Å². The van der Waals surface area contributed by atoms with Gasteiger partial charge in [-0.15, -0.1) is 0 Å². The van der Waals surface area contributed by atoms with Gasteiger partial charge in [0.2, 0.25) is 11.8 Å². The molecule has 0 bridgehead atoms. The van der Waals surface area contributed by atoms with Gasteiger partial charge in [-0.3, -0.25) is 9.59 Å². The maximum absolute atomic E-state index is 11.9. The maximum Gasteiger partial charge on any atom is 0.226 e. The van der Waals surface area contributed by atoms with Crippen LogP contribution in [0, 0.1) is 11.8 Å². The van der Waals surface area contributed by atoms with Crippen molar-refractivity contribution in [2.45, 2.75) is 19.8 Å². The number of anilines is 1. The smallest absolute Gasteiger partial charge is 0.226 e. The number of para-hydroxylation sites is 1. The Bertz CT molecular complexity index is 759. The molecule has 2 amide bonds. The fraction of sp³-hybridized carbons (Fsp3) is 0.353. The monoisotopic (exact) mass is 346 g/mol. The first-order chi connectivity index (χ1) is 11.5. The highest BCUT2D eigenvalue weighted by Gasteiger charge is 2.38. The standard InChI is InChI=1S/C17H19ClN4O2/c1-11-8-13(11)17(24)19-7-6-16(23)21-12-9-20-22(10-12)15-5-3-2-4-14(15)18/h2-5,9-11,13H,6-8H2,1H3,(H,19,24)(H,21,23)/t11-,13-/m1/s1. The molecular formula is C17H19ClN4O2. The van der Waals surface area contributed by atoms with Gasteiger partial charge >= 0.3 is 0 Å². The van der Waals surface area contributed by atoms with E-state index in [4.69, 9.17) is 11.6 Å². The minimum atomic E-state index is -0.169. The van der Waals surface area contributed by atoms with Crippen molar-refractivity contribution in [3.05, 3.63) is 41.7 Å². The largest absolute Gasteiger partial charge is 0.355 e. The number of nitrogens with zero attached hydrogens (tertiary/aromatic N) is 2. The molecule has 1 aliphatic carbocycles.